The van der Waals surface area contributed by atoms with E-state index in [1.165, 1.54) is 0 Å². The average molecular weight is 368 g/mol. The molecule has 6 N–H and O–H groups in total. The summed E-state index contributed by atoms with van der Waals surface area (Å²) in [6.07, 6.45) is 0.457. The summed E-state index contributed by atoms with van der Waals surface area (Å²) in [6, 6.07) is 5.30. The first-order valence-corrected chi connectivity index (χ1v) is 7.91. The number of nitrogens with two attached hydrogens (primary N) is 1. The van der Waals surface area contributed by atoms with E-state index in [-0.39, 0.29) is 23.6 Å². The van der Waals surface area contributed by atoms with E-state index in [1.54, 1.807) is 30.3 Å². The molecule has 134 valence electrons. The zero-order chi connectivity index (χ0) is 18.6. The van der Waals surface area contributed by atoms with Gasteiger partial charge in [-0.05, 0) is 18.4 Å². The maximum atomic E-state index is 12.3. The molecule has 1 amide bonds. The van der Waals surface area contributed by atoms with E-state index in [0.29, 0.717) is 5.56 Å². The van der Waals surface area contributed by atoms with Crippen LogP contribution < -0.4 is 16.4 Å². The van der Waals surface area contributed by atoms with Crippen LogP contribution >= 0.6 is 11.6 Å². The Morgan fingerprint density at radius 3 is 2.44 bits per heavy atom. The van der Waals surface area contributed by atoms with Gasteiger partial charge in [-0.3, -0.25) is 4.79 Å². The quantitative estimate of drug-likeness (QED) is 0.494. The first-order valence-electron chi connectivity index (χ1n) is 7.53. The summed E-state index contributed by atoms with van der Waals surface area (Å²) in [5.41, 5.74) is 6.14. The van der Waals surface area contributed by atoms with Gasteiger partial charge in [0.05, 0.1) is 6.04 Å². The Bertz CT molecular complexity index is 707. The molecular formula is C16H18ClN3O5. The van der Waals surface area contributed by atoms with E-state index >= 15 is 0 Å². The maximum absolute atomic E-state index is 12.3. The first-order chi connectivity index (χ1) is 11.8. The summed E-state index contributed by atoms with van der Waals surface area (Å²) in [5.74, 6) is -3.25. The number of carbonyl (C=O) groups excluding carboxylic acids is 1. The summed E-state index contributed by atoms with van der Waals surface area (Å²) in [4.78, 5) is 35.0. The largest absolute Gasteiger partial charge is 0.480 e. The standard InChI is InChI=1S/C16H18ClN3O5/c17-9-6-7-10(19-12(9)15(22)23)13(16(24)25)20-14(21)11(18)8-4-2-1-3-5-8/h1-5,10-11,13,19H,6-7,18H2,(H,20,21)(H,22,23)(H,24,25)/t10-,11-,13+/m1/s1. The highest BCUT2D eigenvalue weighted by atomic mass is 35.5. The van der Waals surface area contributed by atoms with Crippen LogP contribution in [0.15, 0.2) is 41.1 Å². The van der Waals surface area contributed by atoms with Gasteiger partial charge < -0.3 is 26.6 Å². The molecule has 0 radical (unpaired) electrons. The lowest BCUT2D eigenvalue weighted by Crippen LogP contribution is -2.57. The van der Waals surface area contributed by atoms with Crippen LogP contribution in [0.3, 0.4) is 0 Å². The second kappa shape index (κ2) is 8.00. The summed E-state index contributed by atoms with van der Waals surface area (Å²) >= 11 is 5.84. The Morgan fingerprint density at radius 2 is 1.88 bits per heavy atom. The lowest BCUT2D eigenvalue weighted by molar-refractivity contribution is -0.143. The van der Waals surface area contributed by atoms with Crippen LogP contribution in [0, 0.1) is 0 Å². The molecule has 1 heterocycles. The van der Waals surface area contributed by atoms with Crippen molar-refractivity contribution in [1.29, 1.82) is 0 Å². The predicted octanol–water partition coefficient (Wildman–Crippen LogP) is 0.543. The molecule has 0 aliphatic carbocycles. The van der Waals surface area contributed by atoms with Gasteiger partial charge in [0, 0.05) is 5.03 Å². The highest BCUT2D eigenvalue weighted by Gasteiger charge is 2.35. The number of carboxylic acids is 2. The number of hydrogen-bond donors (Lipinski definition) is 5. The fourth-order valence-electron chi connectivity index (χ4n) is 2.56. The van der Waals surface area contributed by atoms with Gasteiger partial charge in [0.2, 0.25) is 5.91 Å². The fourth-order valence-corrected chi connectivity index (χ4v) is 2.80. The van der Waals surface area contributed by atoms with Gasteiger partial charge in [-0.25, -0.2) is 9.59 Å². The van der Waals surface area contributed by atoms with E-state index < -0.39 is 36.0 Å². The highest BCUT2D eigenvalue weighted by molar-refractivity contribution is 6.31. The molecule has 1 aromatic rings. The van der Waals surface area contributed by atoms with Gasteiger partial charge in [-0.15, -0.1) is 0 Å². The number of nitrogens with one attached hydrogen (secondary N) is 2. The summed E-state index contributed by atoms with van der Waals surface area (Å²) < 4.78 is 0. The molecule has 0 fully saturated rings. The molecule has 9 heteroatoms. The van der Waals surface area contributed by atoms with E-state index in [1.807, 2.05) is 0 Å². The van der Waals surface area contributed by atoms with Gasteiger partial charge in [0.15, 0.2) is 0 Å². The Hall–Kier alpha value is -2.58. The van der Waals surface area contributed by atoms with E-state index in [9.17, 15) is 19.5 Å². The smallest absolute Gasteiger partial charge is 0.353 e. The monoisotopic (exact) mass is 367 g/mol. The molecule has 8 nitrogen and oxygen atoms in total. The minimum Gasteiger partial charge on any atom is -0.480 e. The van der Waals surface area contributed by atoms with Crippen LogP contribution in [0.25, 0.3) is 0 Å². The van der Waals surface area contributed by atoms with Crippen molar-refractivity contribution >= 4 is 29.4 Å². The highest BCUT2D eigenvalue weighted by Crippen LogP contribution is 2.23. The minimum absolute atomic E-state index is 0.111. The van der Waals surface area contributed by atoms with Crippen molar-refractivity contribution in [3.8, 4) is 0 Å². The van der Waals surface area contributed by atoms with Gasteiger partial charge in [0.25, 0.3) is 0 Å². The Balaban J connectivity index is 2.13. The number of rotatable bonds is 6. The molecular weight excluding hydrogens is 350 g/mol. The molecule has 0 saturated carbocycles. The third-order valence-corrected chi connectivity index (χ3v) is 4.28. The Labute approximate surface area is 148 Å². The van der Waals surface area contributed by atoms with Crippen LogP contribution in [0.2, 0.25) is 0 Å². The maximum Gasteiger partial charge on any atom is 0.353 e. The molecule has 0 aromatic heterocycles. The second-order valence-corrected chi connectivity index (χ2v) is 6.04. The van der Waals surface area contributed by atoms with Gasteiger partial charge in [-0.2, -0.15) is 0 Å². The Morgan fingerprint density at radius 1 is 1.24 bits per heavy atom. The van der Waals surface area contributed by atoms with Crippen molar-refractivity contribution in [1.82, 2.24) is 10.6 Å². The molecule has 0 saturated heterocycles. The van der Waals surface area contributed by atoms with Crippen molar-refractivity contribution < 1.29 is 24.6 Å². The van der Waals surface area contributed by atoms with Crippen LogP contribution in [-0.2, 0) is 14.4 Å². The van der Waals surface area contributed by atoms with Crippen molar-refractivity contribution in [3.05, 3.63) is 46.6 Å². The third kappa shape index (κ3) is 4.49. The molecule has 1 aliphatic heterocycles. The fraction of sp³-hybridized carbons (Fsp3) is 0.312. The number of amides is 1. The summed E-state index contributed by atoms with van der Waals surface area (Å²) in [5, 5.41) is 23.6. The molecule has 0 bridgehead atoms. The van der Waals surface area contributed by atoms with Crippen molar-refractivity contribution in [3.63, 3.8) is 0 Å². The number of benzene rings is 1. The third-order valence-electron chi connectivity index (χ3n) is 3.90. The SMILES string of the molecule is N[C@@H](C(=O)N[C@H](C(=O)O)[C@H]1CCC(Cl)=C(C(=O)O)N1)c1ccccc1. The number of carboxylic acid groups (broad SMARTS) is 2. The molecule has 3 atom stereocenters. The summed E-state index contributed by atoms with van der Waals surface area (Å²) in [6.45, 7) is 0. The number of halogens is 1. The van der Waals surface area contributed by atoms with E-state index in [4.69, 9.17) is 22.4 Å². The number of aliphatic carboxylic acids is 2. The molecule has 0 spiro atoms. The van der Waals surface area contributed by atoms with Crippen LogP contribution in [-0.4, -0.2) is 40.1 Å². The van der Waals surface area contributed by atoms with Crippen LogP contribution in [0.5, 0.6) is 0 Å². The number of carbonyl (C=O) groups is 3. The van der Waals surface area contributed by atoms with Crippen molar-refractivity contribution in [2.45, 2.75) is 31.0 Å². The molecule has 25 heavy (non-hydrogen) atoms. The van der Waals surface area contributed by atoms with E-state index in [2.05, 4.69) is 10.6 Å². The molecule has 1 aliphatic rings. The second-order valence-electron chi connectivity index (χ2n) is 5.59. The Kier molecular flexibility index (Phi) is 6.00. The molecule has 1 aromatic carbocycles. The number of hydrogen-bond acceptors (Lipinski definition) is 5. The zero-order valence-electron chi connectivity index (χ0n) is 13.1. The van der Waals surface area contributed by atoms with Crippen molar-refractivity contribution in [2.75, 3.05) is 0 Å². The van der Waals surface area contributed by atoms with Crippen LogP contribution in [0.4, 0.5) is 0 Å². The zero-order valence-corrected chi connectivity index (χ0v) is 13.9. The predicted molar refractivity (Wildman–Crippen MR) is 89.6 cm³/mol. The lowest BCUT2D eigenvalue weighted by atomic mass is 9.97. The molecule has 2 rings (SSSR count). The summed E-state index contributed by atoms with van der Waals surface area (Å²) in [7, 11) is 0. The van der Waals surface area contributed by atoms with Crippen LogP contribution in [0.1, 0.15) is 24.4 Å². The van der Waals surface area contributed by atoms with Gasteiger partial charge >= 0.3 is 11.9 Å². The van der Waals surface area contributed by atoms with Gasteiger partial charge in [0.1, 0.15) is 17.8 Å². The average Bonchev–Trinajstić information content (AvgIpc) is 2.59. The molecule has 0 unspecified atom stereocenters. The lowest BCUT2D eigenvalue weighted by Gasteiger charge is -2.31. The minimum atomic E-state index is -1.35. The normalized spacial score (nSPS) is 19.5. The first kappa shape index (κ1) is 18.8. The van der Waals surface area contributed by atoms with E-state index in [0.717, 1.165) is 0 Å². The van der Waals surface area contributed by atoms with Crippen molar-refractivity contribution in [2.24, 2.45) is 5.73 Å². The number of allylic oxidation sites excluding steroid dienone is 1. The topological polar surface area (TPSA) is 142 Å². The van der Waals surface area contributed by atoms with Gasteiger partial charge in [-0.1, -0.05) is 41.9 Å².